The van der Waals surface area contributed by atoms with E-state index in [0.717, 1.165) is 0 Å². The number of anilines is 1. The van der Waals surface area contributed by atoms with E-state index in [1.807, 2.05) is 0 Å². The summed E-state index contributed by atoms with van der Waals surface area (Å²) in [5.74, 6) is -0.196. The summed E-state index contributed by atoms with van der Waals surface area (Å²) < 4.78 is 24.7. The Morgan fingerprint density at radius 3 is 2.82 bits per heavy atom. The van der Waals surface area contributed by atoms with E-state index >= 15 is 0 Å². The molecule has 33 heavy (non-hydrogen) atoms. The molecule has 10 nitrogen and oxygen atoms in total. The van der Waals surface area contributed by atoms with Gasteiger partial charge in [0, 0.05) is 38.3 Å². The van der Waals surface area contributed by atoms with Crippen LogP contribution < -0.4 is 16.2 Å². The molecule has 0 spiro atoms. The maximum absolute atomic E-state index is 14.2. The highest BCUT2D eigenvalue weighted by Gasteiger charge is 2.26. The van der Waals surface area contributed by atoms with Crippen LogP contribution in [0.1, 0.15) is 35.7 Å². The van der Waals surface area contributed by atoms with Crippen molar-refractivity contribution in [1.82, 2.24) is 29.1 Å². The molecule has 0 amide bonds. The largest absolute Gasteiger partial charge is 0.482 e. The molecule has 1 unspecified atom stereocenters. The Labute approximate surface area is 187 Å². The minimum absolute atomic E-state index is 0.0436. The van der Waals surface area contributed by atoms with Crippen LogP contribution in [0.4, 0.5) is 10.2 Å². The molecule has 0 saturated heterocycles. The number of nitrogens with two attached hydrogens (primary N) is 1. The average molecular weight is 446 g/mol. The second kappa shape index (κ2) is 7.30. The van der Waals surface area contributed by atoms with Crippen molar-refractivity contribution in [3.8, 4) is 28.8 Å². The lowest BCUT2D eigenvalue weighted by molar-refractivity contribution is 0.226. The van der Waals surface area contributed by atoms with Gasteiger partial charge >= 0.3 is 5.69 Å². The smallest absolute Gasteiger partial charge is 0.332 e. The lowest BCUT2D eigenvalue weighted by atomic mass is 10.0. The Hall–Kier alpha value is -4.46. The van der Waals surface area contributed by atoms with Gasteiger partial charge in [-0.3, -0.25) is 9.25 Å². The minimum Gasteiger partial charge on any atom is -0.482 e. The second-order valence-electron chi connectivity index (χ2n) is 7.87. The first kappa shape index (κ1) is 20.4. The molecule has 0 radical (unpaired) electrons. The summed E-state index contributed by atoms with van der Waals surface area (Å²) in [4.78, 5) is 13.1. The number of imidazole rings is 1. The summed E-state index contributed by atoms with van der Waals surface area (Å²) in [6, 6.07) is 7.92. The zero-order chi connectivity index (χ0) is 23.4. The van der Waals surface area contributed by atoms with E-state index in [-0.39, 0.29) is 29.4 Å². The molecule has 166 valence electrons. The van der Waals surface area contributed by atoms with Gasteiger partial charge in [0.15, 0.2) is 11.6 Å². The van der Waals surface area contributed by atoms with Crippen molar-refractivity contribution in [3.05, 3.63) is 69.4 Å². The van der Waals surface area contributed by atoms with E-state index in [9.17, 15) is 14.4 Å². The standard InChI is InChI=1S/C22H19FN8O2/c1-11-14-6-12(23)4-5-17(14)31-13(10-29(2)22(31)32)7-16-20(18(9-24)30(3)28-16)15-8-19(33-11)21(25)27-26-15/h4-6,8,10-11H,7H2,1-3H3,(H2,25,27). The number of ether oxygens (including phenoxy) is 1. The quantitative estimate of drug-likeness (QED) is 0.437. The van der Waals surface area contributed by atoms with Gasteiger partial charge in [0.05, 0.1) is 22.6 Å². The molecule has 4 heterocycles. The summed E-state index contributed by atoms with van der Waals surface area (Å²) in [6.07, 6.45) is 1.23. The highest BCUT2D eigenvalue weighted by atomic mass is 19.1. The summed E-state index contributed by atoms with van der Waals surface area (Å²) in [5, 5.41) is 22.5. The number of hydrogen-bond donors (Lipinski definition) is 1. The highest BCUT2D eigenvalue weighted by molar-refractivity contribution is 5.71. The average Bonchev–Trinajstić information content (AvgIpc) is 3.24. The number of rotatable bonds is 0. The van der Waals surface area contributed by atoms with Crippen LogP contribution in [0.15, 0.2) is 35.3 Å². The zero-order valence-corrected chi connectivity index (χ0v) is 18.1. The van der Waals surface area contributed by atoms with E-state index in [1.54, 1.807) is 39.3 Å². The fourth-order valence-electron chi connectivity index (χ4n) is 4.18. The Bertz CT molecular complexity index is 1520. The number of nitrogen functional groups attached to an aromatic ring is 1. The molecule has 1 aliphatic rings. The van der Waals surface area contributed by atoms with Gasteiger partial charge in [0.2, 0.25) is 0 Å². The number of aryl methyl sites for hydroxylation is 2. The first-order chi connectivity index (χ1) is 15.8. The van der Waals surface area contributed by atoms with Crippen LogP contribution in [0.3, 0.4) is 0 Å². The molecule has 0 saturated carbocycles. The van der Waals surface area contributed by atoms with Gasteiger partial charge in [-0.05, 0) is 25.1 Å². The maximum atomic E-state index is 14.2. The number of halogens is 1. The van der Waals surface area contributed by atoms with E-state index in [1.165, 1.54) is 25.9 Å². The van der Waals surface area contributed by atoms with Crippen LogP contribution >= 0.6 is 0 Å². The summed E-state index contributed by atoms with van der Waals surface area (Å²) in [7, 11) is 3.29. The van der Waals surface area contributed by atoms with Crippen LogP contribution in [0, 0.1) is 17.1 Å². The summed E-state index contributed by atoms with van der Waals surface area (Å²) in [6.45, 7) is 1.73. The molecule has 1 atom stereocenters. The van der Waals surface area contributed by atoms with Gasteiger partial charge < -0.3 is 15.0 Å². The molecule has 1 aromatic carbocycles. The Morgan fingerprint density at radius 2 is 2.06 bits per heavy atom. The first-order valence-electron chi connectivity index (χ1n) is 10.1. The van der Waals surface area contributed by atoms with Gasteiger partial charge in [-0.2, -0.15) is 10.4 Å². The lowest BCUT2D eigenvalue weighted by Gasteiger charge is -2.21. The van der Waals surface area contributed by atoms with Crippen LogP contribution in [0.5, 0.6) is 5.75 Å². The maximum Gasteiger partial charge on any atom is 0.332 e. The van der Waals surface area contributed by atoms with Crippen molar-refractivity contribution in [2.75, 3.05) is 5.73 Å². The van der Waals surface area contributed by atoms with Crippen molar-refractivity contribution in [1.29, 1.82) is 5.26 Å². The monoisotopic (exact) mass is 446 g/mol. The van der Waals surface area contributed by atoms with E-state index < -0.39 is 11.9 Å². The Balaban J connectivity index is 1.88. The van der Waals surface area contributed by atoms with Crippen molar-refractivity contribution in [2.24, 2.45) is 14.1 Å². The number of aromatic nitrogens is 6. The molecular weight excluding hydrogens is 427 g/mol. The fraction of sp³-hybridized carbons (Fsp3) is 0.227. The van der Waals surface area contributed by atoms with Gasteiger partial charge in [0.1, 0.15) is 29.4 Å². The van der Waals surface area contributed by atoms with Crippen LogP contribution in [0.25, 0.3) is 16.9 Å². The van der Waals surface area contributed by atoms with Gasteiger partial charge in [-0.15, -0.1) is 10.2 Å². The molecule has 5 rings (SSSR count). The third kappa shape index (κ3) is 3.15. The molecule has 4 aromatic rings. The number of benzene rings is 1. The van der Waals surface area contributed by atoms with Crippen LogP contribution in [0.2, 0.25) is 0 Å². The number of nitrogens with zero attached hydrogens (tertiary/aromatic N) is 7. The Morgan fingerprint density at radius 1 is 1.27 bits per heavy atom. The minimum atomic E-state index is -0.682. The SMILES string of the molecule is CC1Oc2cc(nnc2N)-c2c(nn(C)c2C#N)Cc2cn(C)c(=O)n2-c2ccc(F)cc21. The topological polar surface area (TPSA) is 130 Å². The fourth-order valence-corrected chi connectivity index (χ4v) is 4.18. The van der Waals surface area contributed by atoms with Gasteiger partial charge in [0.25, 0.3) is 0 Å². The van der Waals surface area contributed by atoms with Crippen molar-refractivity contribution >= 4 is 5.82 Å². The summed E-state index contributed by atoms with van der Waals surface area (Å²) in [5.41, 5.74) is 8.89. The predicted octanol–water partition coefficient (Wildman–Crippen LogP) is 2.00. The Kier molecular flexibility index (Phi) is 4.52. The third-order valence-electron chi connectivity index (χ3n) is 5.71. The second-order valence-corrected chi connectivity index (χ2v) is 7.87. The van der Waals surface area contributed by atoms with Crippen LogP contribution in [-0.4, -0.2) is 29.1 Å². The molecule has 11 heteroatoms. The molecule has 2 bridgehead atoms. The van der Waals surface area contributed by atoms with E-state index in [0.29, 0.717) is 33.9 Å². The molecule has 0 fully saturated rings. The van der Waals surface area contributed by atoms with Gasteiger partial charge in [-0.25, -0.2) is 9.18 Å². The zero-order valence-electron chi connectivity index (χ0n) is 18.1. The van der Waals surface area contributed by atoms with Crippen molar-refractivity contribution in [2.45, 2.75) is 19.4 Å². The van der Waals surface area contributed by atoms with Crippen LogP contribution in [-0.2, 0) is 20.5 Å². The normalized spacial score (nSPS) is 14.7. The third-order valence-corrected chi connectivity index (χ3v) is 5.71. The number of nitriles is 1. The van der Waals surface area contributed by atoms with Crippen molar-refractivity contribution < 1.29 is 9.13 Å². The number of fused-ring (bicyclic) bond motifs is 7. The molecular formula is C22H19FN8O2. The molecule has 2 N–H and O–H groups in total. The highest BCUT2D eigenvalue weighted by Crippen LogP contribution is 2.35. The number of hydrogen-bond acceptors (Lipinski definition) is 7. The lowest BCUT2D eigenvalue weighted by Crippen LogP contribution is -2.24. The molecule has 1 aliphatic heterocycles. The predicted molar refractivity (Wildman–Crippen MR) is 116 cm³/mol. The van der Waals surface area contributed by atoms with Crippen molar-refractivity contribution in [3.63, 3.8) is 0 Å². The summed E-state index contributed by atoms with van der Waals surface area (Å²) >= 11 is 0. The van der Waals surface area contributed by atoms with E-state index in [2.05, 4.69) is 21.4 Å². The molecule has 0 aliphatic carbocycles. The van der Waals surface area contributed by atoms with Gasteiger partial charge in [-0.1, -0.05) is 0 Å². The first-order valence-corrected chi connectivity index (χ1v) is 10.1. The molecule has 3 aromatic heterocycles. The van der Waals surface area contributed by atoms with E-state index in [4.69, 9.17) is 10.5 Å².